The van der Waals surface area contributed by atoms with Gasteiger partial charge in [-0.15, -0.1) is 0 Å². The maximum absolute atomic E-state index is 12.4. The van der Waals surface area contributed by atoms with E-state index in [0.29, 0.717) is 30.4 Å². The summed E-state index contributed by atoms with van der Waals surface area (Å²) < 4.78 is 11.2. The first-order chi connectivity index (χ1) is 11.4. The second-order valence-electron chi connectivity index (χ2n) is 6.40. The van der Waals surface area contributed by atoms with Gasteiger partial charge in [0.05, 0.1) is 6.61 Å². The first-order valence-corrected chi connectivity index (χ1v) is 8.70. The molecule has 0 radical (unpaired) electrons. The van der Waals surface area contributed by atoms with Gasteiger partial charge in [-0.2, -0.15) is 0 Å². The molecule has 5 heteroatoms. The molecular weight excluding hydrogens is 306 g/mol. The predicted octanol–water partition coefficient (Wildman–Crippen LogP) is 3.70. The number of rotatable bonds is 10. The van der Waals surface area contributed by atoms with Crippen LogP contribution in [0.5, 0.6) is 11.5 Å². The van der Waals surface area contributed by atoms with Crippen LogP contribution in [0.15, 0.2) is 18.2 Å². The van der Waals surface area contributed by atoms with Gasteiger partial charge in [0, 0.05) is 12.1 Å². The van der Waals surface area contributed by atoms with E-state index in [0.717, 1.165) is 19.3 Å². The second-order valence-corrected chi connectivity index (χ2v) is 6.40. The van der Waals surface area contributed by atoms with Crippen molar-refractivity contribution in [2.75, 3.05) is 27.3 Å². The van der Waals surface area contributed by atoms with Crippen LogP contribution in [0, 0.1) is 5.92 Å². The van der Waals surface area contributed by atoms with Crippen molar-refractivity contribution < 1.29 is 19.4 Å². The Kier molecular flexibility index (Phi) is 8.61. The van der Waals surface area contributed by atoms with Crippen molar-refractivity contribution in [1.82, 2.24) is 4.90 Å². The standard InChI is InChI=1S/C19H31NO4/c1-6-8-11-23-18-12-15(21)9-10-16(18)19(22)24-13-17(20(4)5)14(3)7-2/h9-10,12,14,17,21H,6-8,11,13H2,1-5H3/t14?,17-/m1/s1. The van der Waals surface area contributed by atoms with E-state index in [1.54, 1.807) is 6.07 Å². The maximum Gasteiger partial charge on any atom is 0.341 e. The van der Waals surface area contributed by atoms with Gasteiger partial charge in [0.2, 0.25) is 0 Å². The number of likely N-dealkylation sites (N-methyl/N-ethyl adjacent to an activating group) is 1. The Hall–Kier alpha value is -1.75. The highest BCUT2D eigenvalue weighted by Crippen LogP contribution is 2.25. The number of ether oxygens (including phenoxy) is 2. The van der Waals surface area contributed by atoms with Crippen LogP contribution < -0.4 is 4.74 Å². The van der Waals surface area contributed by atoms with Crippen molar-refractivity contribution in [3.05, 3.63) is 23.8 Å². The number of benzene rings is 1. The van der Waals surface area contributed by atoms with Crippen LogP contribution in [-0.4, -0.2) is 49.3 Å². The van der Waals surface area contributed by atoms with Crippen LogP contribution in [0.25, 0.3) is 0 Å². The Morgan fingerprint density at radius 3 is 2.58 bits per heavy atom. The Labute approximate surface area is 145 Å². The van der Waals surface area contributed by atoms with Gasteiger partial charge in [-0.25, -0.2) is 4.79 Å². The maximum atomic E-state index is 12.4. The fourth-order valence-electron chi connectivity index (χ4n) is 2.46. The highest BCUT2D eigenvalue weighted by molar-refractivity contribution is 5.92. The van der Waals surface area contributed by atoms with Gasteiger partial charge in [0.15, 0.2) is 0 Å². The molecule has 1 aromatic rings. The number of carbonyl (C=O) groups excluding carboxylic acids is 1. The lowest BCUT2D eigenvalue weighted by atomic mass is 9.99. The van der Waals surface area contributed by atoms with Gasteiger partial charge in [-0.1, -0.05) is 33.6 Å². The lowest BCUT2D eigenvalue weighted by molar-refractivity contribution is 0.0332. The number of aromatic hydroxyl groups is 1. The molecule has 0 amide bonds. The Bertz CT molecular complexity index is 516. The smallest absolute Gasteiger partial charge is 0.341 e. The molecule has 0 aliphatic heterocycles. The summed E-state index contributed by atoms with van der Waals surface area (Å²) in [5.74, 6) is 0.451. The zero-order chi connectivity index (χ0) is 18.1. The molecule has 0 spiro atoms. The van der Waals surface area contributed by atoms with Crippen molar-refractivity contribution in [1.29, 1.82) is 0 Å². The Morgan fingerprint density at radius 2 is 2.00 bits per heavy atom. The SMILES string of the molecule is CCCCOc1cc(O)ccc1C(=O)OC[C@H](C(C)CC)N(C)C. The van der Waals surface area contributed by atoms with Gasteiger partial charge < -0.3 is 19.5 Å². The van der Waals surface area contributed by atoms with E-state index in [9.17, 15) is 9.90 Å². The summed E-state index contributed by atoms with van der Waals surface area (Å²) in [6.45, 7) is 7.18. The molecule has 0 heterocycles. The van der Waals surface area contributed by atoms with Crippen molar-refractivity contribution in [3.63, 3.8) is 0 Å². The molecule has 2 atom stereocenters. The first-order valence-electron chi connectivity index (χ1n) is 8.70. The average molecular weight is 337 g/mol. The van der Waals surface area contributed by atoms with Crippen molar-refractivity contribution in [2.24, 2.45) is 5.92 Å². The Balaban J connectivity index is 2.79. The van der Waals surface area contributed by atoms with E-state index in [1.165, 1.54) is 12.1 Å². The molecule has 0 saturated heterocycles. The zero-order valence-electron chi connectivity index (χ0n) is 15.5. The summed E-state index contributed by atoms with van der Waals surface area (Å²) in [6, 6.07) is 4.65. The number of esters is 1. The van der Waals surface area contributed by atoms with Crippen LogP contribution in [0.3, 0.4) is 0 Å². The third kappa shape index (κ3) is 6.04. The van der Waals surface area contributed by atoms with E-state index in [4.69, 9.17) is 9.47 Å². The first kappa shape index (κ1) is 20.3. The van der Waals surface area contributed by atoms with Crippen LogP contribution in [0.2, 0.25) is 0 Å². The molecule has 5 nitrogen and oxygen atoms in total. The minimum atomic E-state index is -0.420. The quantitative estimate of drug-likeness (QED) is 0.521. The lowest BCUT2D eigenvalue weighted by Gasteiger charge is -2.29. The molecule has 1 unspecified atom stereocenters. The number of carbonyl (C=O) groups is 1. The molecule has 0 bridgehead atoms. The number of phenolic OH excluding ortho intramolecular Hbond substituents is 1. The molecule has 0 aromatic heterocycles. The summed E-state index contributed by atoms with van der Waals surface area (Å²) in [5.41, 5.74) is 0.352. The minimum Gasteiger partial charge on any atom is -0.508 e. The van der Waals surface area contributed by atoms with Crippen molar-refractivity contribution in [2.45, 2.75) is 46.1 Å². The summed E-state index contributed by atoms with van der Waals surface area (Å²) >= 11 is 0. The van der Waals surface area contributed by atoms with Gasteiger partial charge >= 0.3 is 5.97 Å². The molecule has 24 heavy (non-hydrogen) atoms. The van der Waals surface area contributed by atoms with E-state index in [1.807, 2.05) is 14.1 Å². The van der Waals surface area contributed by atoms with E-state index >= 15 is 0 Å². The normalized spacial score (nSPS) is 13.6. The number of nitrogens with zero attached hydrogens (tertiary/aromatic N) is 1. The van der Waals surface area contributed by atoms with Gasteiger partial charge in [-0.3, -0.25) is 0 Å². The van der Waals surface area contributed by atoms with Crippen molar-refractivity contribution in [3.8, 4) is 11.5 Å². The summed E-state index contributed by atoms with van der Waals surface area (Å²) in [7, 11) is 3.98. The number of hydrogen-bond donors (Lipinski definition) is 1. The van der Waals surface area contributed by atoms with Crippen LogP contribution in [-0.2, 0) is 4.74 Å². The highest BCUT2D eigenvalue weighted by atomic mass is 16.5. The van der Waals surface area contributed by atoms with Gasteiger partial charge in [-0.05, 0) is 38.6 Å². The van der Waals surface area contributed by atoms with Gasteiger partial charge in [0.25, 0.3) is 0 Å². The number of unbranched alkanes of at least 4 members (excludes halogenated alkanes) is 1. The fraction of sp³-hybridized carbons (Fsp3) is 0.632. The van der Waals surface area contributed by atoms with E-state index in [2.05, 4.69) is 25.7 Å². The molecule has 136 valence electrons. The molecule has 1 N–H and O–H groups in total. The molecule has 1 rings (SSSR count). The summed E-state index contributed by atoms with van der Waals surface area (Å²) in [4.78, 5) is 14.5. The van der Waals surface area contributed by atoms with Crippen LogP contribution in [0.1, 0.15) is 50.4 Å². The molecule has 0 saturated carbocycles. The second kappa shape index (κ2) is 10.2. The lowest BCUT2D eigenvalue weighted by Crippen LogP contribution is -2.38. The third-order valence-electron chi connectivity index (χ3n) is 4.29. The number of phenols is 1. The topological polar surface area (TPSA) is 59.0 Å². The molecule has 0 aliphatic carbocycles. The molecule has 1 aromatic carbocycles. The summed E-state index contributed by atoms with van der Waals surface area (Å²) in [6.07, 6.45) is 2.91. The zero-order valence-corrected chi connectivity index (χ0v) is 15.5. The van der Waals surface area contributed by atoms with Crippen LogP contribution >= 0.6 is 0 Å². The van der Waals surface area contributed by atoms with E-state index < -0.39 is 5.97 Å². The van der Waals surface area contributed by atoms with Crippen molar-refractivity contribution >= 4 is 5.97 Å². The monoisotopic (exact) mass is 337 g/mol. The van der Waals surface area contributed by atoms with Crippen LogP contribution in [0.4, 0.5) is 0 Å². The van der Waals surface area contributed by atoms with E-state index in [-0.39, 0.29) is 11.8 Å². The largest absolute Gasteiger partial charge is 0.508 e. The Morgan fingerprint density at radius 1 is 1.29 bits per heavy atom. The number of hydrogen-bond acceptors (Lipinski definition) is 5. The molecule has 0 aliphatic rings. The summed E-state index contributed by atoms with van der Waals surface area (Å²) in [5, 5.41) is 9.63. The average Bonchev–Trinajstić information content (AvgIpc) is 2.54. The van der Waals surface area contributed by atoms with Gasteiger partial charge in [0.1, 0.15) is 23.7 Å². The minimum absolute atomic E-state index is 0.0730. The molecule has 0 fully saturated rings. The highest BCUT2D eigenvalue weighted by Gasteiger charge is 2.22. The third-order valence-corrected chi connectivity index (χ3v) is 4.29. The molecular formula is C19H31NO4. The predicted molar refractivity (Wildman–Crippen MR) is 95.7 cm³/mol. The fourth-order valence-corrected chi connectivity index (χ4v) is 2.46.